The van der Waals surface area contributed by atoms with E-state index in [9.17, 15) is 8.42 Å². The van der Waals surface area contributed by atoms with E-state index in [0.717, 1.165) is 5.75 Å². The molecule has 2 heterocycles. The number of nitrogens with one attached hydrogen (secondary N) is 1. The number of hydrogen-bond donors (Lipinski definition) is 1. The highest BCUT2D eigenvalue weighted by atomic mass is 32.2. The molecule has 2 unspecified atom stereocenters. The average molecular weight is 301 g/mol. The van der Waals surface area contributed by atoms with Crippen LogP contribution in [0.2, 0.25) is 0 Å². The van der Waals surface area contributed by atoms with Gasteiger partial charge in [0.1, 0.15) is 5.82 Å². The van der Waals surface area contributed by atoms with Crippen LogP contribution in [0, 0.1) is 0 Å². The molecule has 1 saturated heterocycles. The minimum atomic E-state index is -3.44. The van der Waals surface area contributed by atoms with Gasteiger partial charge in [0, 0.05) is 42.9 Å². The molecule has 0 saturated carbocycles. The fourth-order valence-corrected chi connectivity index (χ4v) is 5.10. The van der Waals surface area contributed by atoms with E-state index in [0.29, 0.717) is 22.5 Å². The quantitative estimate of drug-likeness (QED) is 0.919. The minimum absolute atomic E-state index is 0.00921. The largest absolute Gasteiger partial charge is 0.373 e. The molecule has 0 amide bonds. The van der Waals surface area contributed by atoms with Crippen molar-refractivity contribution in [2.45, 2.75) is 30.0 Å². The molecule has 0 aromatic carbocycles. The van der Waals surface area contributed by atoms with Crippen LogP contribution in [-0.4, -0.2) is 48.3 Å². The predicted molar refractivity (Wildman–Crippen MR) is 79.1 cm³/mol. The second-order valence-corrected chi connectivity index (χ2v) is 7.93. The first-order chi connectivity index (χ1) is 8.96. The highest BCUT2D eigenvalue weighted by Crippen LogP contribution is 2.29. The Kier molecular flexibility index (Phi) is 4.37. The monoisotopic (exact) mass is 301 g/mol. The average Bonchev–Trinajstić information content (AvgIpc) is 2.41. The van der Waals surface area contributed by atoms with Crippen LogP contribution >= 0.6 is 11.8 Å². The summed E-state index contributed by atoms with van der Waals surface area (Å²) in [5, 5.41) is 3.18. The van der Waals surface area contributed by atoms with E-state index in [1.54, 1.807) is 23.5 Å². The molecule has 1 aromatic rings. The van der Waals surface area contributed by atoms with Gasteiger partial charge in [0.05, 0.1) is 4.90 Å². The summed E-state index contributed by atoms with van der Waals surface area (Å²) in [5.74, 6) is 1.41. The Bertz CT molecular complexity index is 548. The molecule has 0 spiro atoms. The fraction of sp³-hybridized carbons (Fsp3) is 0.583. The van der Waals surface area contributed by atoms with Crippen molar-refractivity contribution in [3.8, 4) is 0 Å². The number of sulfonamides is 1. The van der Waals surface area contributed by atoms with Gasteiger partial charge in [0.25, 0.3) is 0 Å². The minimum Gasteiger partial charge on any atom is -0.373 e. The van der Waals surface area contributed by atoms with E-state index >= 15 is 0 Å². The number of anilines is 1. The van der Waals surface area contributed by atoms with Crippen molar-refractivity contribution < 1.29 is 8.42 Å². The first kappa shape index (κ1) is 14.6. The number of rotatable bonds is 3. The highest BCUT2D eigenvalue weighted by Gasteiger charge is 2.34. The Morgan fingerprint density at radius 1 is 1.47 bits per heavy atom. The van der Waals surface area contributed by atoms with Gasteiger partial charge in [-0.05, 0) is 13.0 Å². The molecule has 0 radical (unpaired) electrons. The van der Waals surface area contributed by atoms with Crippen LogP contribution in [0.1, 0.15) is 13.8 Å². The molecular formula is C12H19N3O2S2. The SMILES string of the molecule is CNc1cc(S(=O)(=O)N2CCSC(C)C2C)ccn1. The Morgan fingerprint density at radius 2 is 2.21 bits per heavy atom. The molecule has 1 aliphatic heterocycles. The lowest BCUT2D eigenvalue weighted by molar-refractivity contribution is 0.340. The van der Waals surface area contributed by atoms with Crippen molar-refractivity contribution in [2.24, 2.45) is 0 Å². The number of hydrogen-bond acceptors (Lipinski definition) is 5. The van der Waals surface area contributed by atoms with Crippen LogP contribution in [0.25, 0.3) is 0 Å². The van der Waals surface area contributed by atoms with Crippen LogP contribution in [0.3, 0.4) is 0 Å². The molecule has 19 heavy (non-hydrogen) atoms. The van der Waals surface area contributed by atoms with Crippen molar-refractivity contribution in [1.82, 2.24) is 9.29 Å². The topological polar surface area (TPSA) is 62.3 Å². The summed E-state index contributed by atoms with van der Waals surface area (Å²) < 4.78 is 26.9. The maximum absolute atomic E-state index is 12.7. The summed E-state index contributed by atoms with van der Waals surface area (Å²) in [4.78, 5) is 4.36. The lowest BCUT2D eigenvalue weighted by Crippen LogP contribution is -2.47. The van der Waals surface area contributed by atoms with Gasteiger partial charge >= 0.3 is 0 Å². The molecule has 1 N–H and O–H groups in total. The van der Waals surface area contributed by atoms with E-state index in [-0.39, 0.29) is 6.04 Å². The van der Waals surface area contributed by atoms with Gasteiger partial charge in [-0.1, -0.05) is 6.92 Å². The third kappa shape index (κ3) is 2.88. The normalized spacial score (nSPS) is 25.2. The molecule has 2 rings (SSSR count). The van der Waals surface area contributed by atoms with Crippen LogP contribution in [0.5, 0.6) is 0 Å². The third-order valence-electron chi connectivity index (χ3n) is 3.42. The Morgan fingerprint density at radius 3 is 2.89 bits per heavy atom. The molecule has 0 aliphatic carbocycles. The predicted octanol–water partition coefficient (Wildman–Crippen LogP) is 1.64. The summed E-state index contributed by atoms with van der Waals surface area (Å²) in [7, 11) is -1.71. The Labute approximate surface area is 118 Å². The maximum atomic E-state index is 12.7. The zero-order valence-corrected chi connectivity index (χ0v) is 13.0. The second kappa shape index (κ2) is 5.68. The van der Waals surface area contributed by atoms with Crippen molar-refractivity contribution in [3.05, 3.63) is 18.3 Å². The second-order valence-electron chi connectivity index (χ2n) is 4.56. The van der Waals surface area contributed by atoms with Crippen molar-refractivity contribution in [1.29, 1.82) is 0 Å². The van der Waals surface area contributed by atoms with Crippen LogP contribution in [0.4, 0.5) is 5.82 Å². The molecule has 2 atom stereocenters. The van der Waals surface area contributed by atoms with E-state index < -0.39 is 10.0 Å². The summed E-state index contributed by atoms with van der Waals surface area (Å²) in [6.45, 7) is 4.60. The standard InChI is InChI=1S/C12H19N3O2S2/c1-9-10(2)18-7-6-15(9)19(16,17)11-4-5-14-12(8-11)13-3/h4-5,8-10H,6-7H2,1-3H3,(H,13,14). The molecule has 1 aliphatic rings. The van der Waals surface area contributed by atoms with E-state index in [1.807, 2.05) is 18.7 Å². The first-order valence-electron chi connectivity index (χ1n) is 6.24. The van der Waals surface area contributed by atoms with Crippen LogP contribution in [0.15, 0.2) is 23.2 Å². The van der Waals surface area contributed by atoms with E-state index in [2.05, 4.69) is 17.2 Å². The van der Waals surface area contributed by atoms with Gasteiger partial charge in [0.2, 0.25) is 10.0 Å². The zero-order valence-electron chi connectivity index (χ0n) is 11.3. The van der Waals surface area contributed by atoms with Gasteiger partial charge in [-0.25, -0.2) is 13.4 Å². The van der Waals surface area contributed by atoms with Gasteiger partial charge in [-0.2, -0.15) is 16.1 Å². The lowest BCUT2D eigenvalue weighted by atomic mass is 10.2. The van der Waals surface area contributed by atoms with Gasteiger partial charge < -0.3 is 5.32 Å². The molecular weight excluding hydrogens is 282 g/mol. The zero-order chi connectivity index (χ0) is 14.0. The van der Waals surface area contributed by atoms with Gasteiger partial charge in [-0.3, -0.25) is 0 Å². The van der Waals surface area contributed by atoms with E-state index in [1.165, 1.54) is 6.20 Å². The summed E-state index contributed by atoms with van der Waals surface area (Å²) in [6, 6.07) is 3.14. The highest BCUT2D eigenvalue weighted by molar-refractivity contribution is 8.00. The summed E-state index contributed by atoms with van der Waals surface area (Å²) >= 11 is 1.82. The fourth-order valence-electron chi connectivity index (χ4n) is 2.09. The van der Waals surface area contributed by atoms with Crippen molar-refractivity contribution >= 4 is 27.6 Å². The molecule has 1 aromatic heterocycles. The lowest BCUT2D eigenvalue weighted by Gasteiger charge is -2.36. The van der Waals surface area contributed by atoms with Crippen molar-refractivity contribution in [2.75, 3.05) is 24.7 Å². The number of thioether (sulfide) groups is 1. The molecule has 0 bridgehead atoms. The molecule has 106 valence electrons. The third-order valence-corrected chi connectivity index (χ3v) is 6.74. The number of aromatic nitrogens is 1. The summed E-state index contributed by atoms with van der Waals surface area (Å²) in [5.41, 5.74) is 0. The summed E-state index contributed by atoms with van der Waals surface area (Å²) in [6.07, 6.45) is 1.52. The smallest absolute Gasteiger partial charge is 0.243 e. The Balaban J connectivity index is 2.35. The van der Waals surface area contributed by atoms with Crippen molar-refractivity contribution in [3.63, 3.8) is 0 Å². The first-order valence-corrected chi connectivity index (χ1v) is 8.73. The maximum Gasteiger partial charge on any atom is 0.243 e. The molecule has 5 nitrogen and oxygen atoms in total. The molecule has 7 heteroatoms. The van der Waals surface area contributed by atoms with Crippen LogP contribution < -0.4 is 5.32 Å². The van der Waals surface area contributed by atoms with Gasteiger partial charge in [0.15, 0.2) is 0 Å². The van der Waals surface area contributed by atoms with E-state index in [4.69, 9.17) is 0 Å². The van der Waals surface area contributed by atoms with Crippen LogP contribution in [-0.2, 0) is 10.0 Å². The van der Waals surface area contributed by atoms with Gasteiger partial charge in [-0.15, -0.1) is 0 Å². The molecule has 1 fully saturated rings. The Hall–Kier alpha value is -0.790. The number of nitrogens with zero attached hydrogens (tertiary/aromatic N) is 2. The number of pyridine rings is 1.